The molecule has 0 spiro atoms. The van der Waals surface area contributed by atoms with Crippen LogP contribution in [0.25, 0.3) is 0 Å². The van der Waals surface area contributed by atoms with E-state index in [1.165, 1.54) is 45.1 Å². The van der Waals surface area contributed by atoms with Gasteiger partial charge < -0.3 is 4.90 Å². The highest BCUT2D eigenvalue weighted by Gasteiger charge is 2.29. The number of rotatable bonds is 2. The first-order chi connectivity index (χ1) is 9.20. The lowest BCUT2D eigenvalue weighted by molar-refractivity contribution is 0.150. The topological polar surface area (TPSA) is 30.3 Å². The molecule has 1 saturated heterocycles. The lowest BCUT2D eigenvalue weighted by Crippen LogP contribution is -2.43. The first kappa shape index (κ1) is 14.8. The third kappa shape index (κ3) is 4.19. The van der Waals surface area contributed by atoms with Crippen molar-refractivity contribution in [1.29, 1.82) is 5.26 Å². The first-order valence-corrected chi connectivity index (χ1v) is 8.02. The molecule has 2 aliphatic rings. The summed E-state index contributed by atoms with van der Waals surface area (Å²) in [5, 5.41) is 9.04. The highest BCUT2D eigenvalue weighted by molar-refractivity contribution is 4.90. The maximum Gasteiger partial charge on any atom is 0.0638 e. The van der Waals surface area contributed by atoms with Crippen LogP contribution in [0.5, 0.6) is 0 Å². The second-order valence-corrected chi connectivity index (χ2v) is 6.66. The van der Waals surface area contributed by atoms with E-state index in [-0.39, 0.29) is 0 Å². The third-order valence-corrected chi connectivity index (χ3v) is 4.88. The van der Waals surface area contributed by atoms with Gasteiger partial charge in [-0.25, -0.2) is 0 Å². The van der Waals surface area contributed by atoms with Crippen molar-refractivity contribution in [3.05, 3.63) is 0 Å². The quantitative estimate of drug-likeness (QED) is 0.718. The molecule has 0 aromatic rings. The van der Waals surface area contributed by atoms with Gasteiger partial charge in [-0.15, -0.1) is 0 Å². The summed E-state index contributed by atoms with van der Waals surface area (Å²) in [6.07, 6.45) is 9.04. The molecule has 1 aliphatic carbocycles. The van der Waals surface area contributed by atoms with Gasteiger partial charge in [0.25, 0.3) is 0 Å². The van der Waals surface area contributed by atoms with E-state index in [2.05, 4.69) is 29.8 Å². The Kier molecular flexibility index (Phi) is 5.66. The molecule has 2 fully saturated rings. The number of hydrogen-bond acceptors (Lipinski definition) is 3. The van der Waals surface area contributed by atoms with Crippen molar-refractivity contribution >= 4 is 0 Å². The predicted octanol–water partition coefficient (Wildman–Crippen LogP) is 2.87. The van der Waals surface area contributed by atoms with Crippen LogP contribution in [-0.4, -0.2) is 48.6 Å². The van der Waals surface area contributed by atoms with Crippen LogP contribution >= 0.6 is 0 Å². The zero-order valence-corrected chi connectivity index (χ0v) is 12.6. The van der Waals surface area contributed by atoms with E-state index in [4.69, 9.17) is 5.26 Å². The van der Waals surface area contributed by atoms with E-state index in [9.17, 15) is 0 Å². The Morgan fingerprint density at radius 2 is 1.74 bits per heavy atom. The molecule has 1 heterocycles. The summed E-state index contributed by atoms with van der Waals surface area (Å²) in [5.41, 5.74) is 0. The normalized spacial score (nSPS) is 32.5. The van der Waals surface area contributed by atoms with E-state index in [1.54, 1.807) is 0 Å². The van der Waals surface area contributed by atoms with Crippen LogP contribution in [0.15, 0.2) is 0 Å². The molecular formula is C16H29N3. The van der Waals surface area contributed by atoms with Gasteiger partial charge in [0.2, 0.25) is 0 Å². The Labute approximate surface area is 118 Å². The van der Waals surface area contributed by atoms with Crippen LogP contribution < -0.4 is 0 Å². The summed E-state index contributed by atoms with van der Waals surface area (Å²) < 4.78 is 0. The lowest BCUT2D eigenvalue weighted by atomic mass is 10.0. The molecule has 1 saturated carbocycles. The SMILES string of the molecule is CC1CN(C)C(CC#N)CN(C2CCCCCC2)C1. The second-order valence-electron chi connectivity index (χ2n) is 6.66. The van der Waals surface area contributed by atoms with Crippen LogP contribution in [0.4, 0.5) is 0 Å². The molecule has 0 aromatic heterocycles. The van der Waals surface area contributed by atoms with E-state index < -0.39 is 0 Å². The molecule has 1 aliphatic heterocycles. The molecule has 0 amide bonds. The number of hydrogen-bond donors (Lipinski definition) is 0. The minimum Gasteiger partial charge on any atom is -0.301 e. The van der Waals surface area contributed by atoms with Crippen LogP contribution in [0.1, 0.15) is 51.9 Å². The highest BCUT2D eigenvalue weighted by Crippen LogP contribution is 2.25. The highest BCUT2D eigenvalue weighted by atomic mass is 15.2. The van der Waals surface area contributed by atoms with Crippen LogP contribution in [0.2, 0.25) is 0 Å². The summed E-state index contributed by atoms with van der Waals surface area (Å²) in [5.74, 6) is 0.719. The first-order valence-electron chi connectivity index (χ1n) is 8.02. The molecule has 2 unspecified atom stereocenters. The molecule has 3 nitrogen and oxygen atoms in total. The fourth-order valence-electron chi connectivity index (χ4n) is 3.83. The van der Waals surface area contributed by atoms with Gasteiger partial charge in [0.1, 0.15) is 0 Å². The van der Waals surface area contributed by atoms with Crippen molar-refractivity contribution in [3.63, 3.8) is 0 Å². The van der Waals surface area contributed by atoms with Gasteiger partial charge in [-0.05, 0) is 25.8 Å². The smallest absolute Gasteiger partial charge is 0.0638 e. The minimum atomic E-state index is 0.429. The molecular weight excluding hydrogens is 234 g/mol. The third-order valence-electron chi connectivity index (χ3n) is 4.88. The minimum absolute atomic E-state index is 0.429. The summed E-state index contributed by atoms with van der Waals surface area (Å²) in [6, 6.07) is 3.58. The van der Waals surface area contributed by atoms with E-state index in [0.717, 1.165) is 25.0 Å². The molecule has 0 radical (unpaired) electrons. The molecule has 108 valence electrons. The second kappa shape index (κ2) is 7.26. The fraction of sp³-hybridized carbons (Fsp3) is 0.938. The summed E-state index contributed by atoms with van der Waals surface area (Å²) >= 11 is 0. The number of likely N-dealkylation sites (N-methyl/N-ethyl adjacent to an activating group) is 1. The standard InChI is InChI=1S/C16H29N3/c1-14-11-18(2)16(9-10-17)13-19(12-14)15-7-5-3-4-6-8-15/h14-16H,3-9,11-13H2,1-2H3. The average molecular weight is 263 g/mol. The fourth-order valence-corrected chi connectivity index (χ4v) is 3.83. The van der Waals surface area contributed by atoms with Gasteiger partial charge in [0, 0.05) is 31.7 Å². The van der Waals surface area contributed by atoms with Crippen LogP contribution in [-0.2, 0) is 0 Å². The van der Waals surface area contributed by atoms with Gasteiger partial charge in [-0.1, -0.05) is 32.6 Å². The molecule has 0 aromatic carbocycles. The zero-order chi connectivity index (χ0) is 13.7. The molecule has 2 rings (SSSR count). The van der Waals surface area contributed by atoms with Crippen molar-refractivity contribution in [1.82, 2.24) is 9.80 Å². The van der Waals surface area contributed by atoms with E-state index >= 15 is 0 Å². The molecule has 3 heteroatoms. The van der Waals surface area contributed by atoms with Crippen molar-refractivity contribution in [2.75, 3.05) is 26.7 Å². The van der Waals surface area contributed by atoms with E-state index in [0.29, 0.717) is 12.5 Å². The Hall–Kier alpha value is -0.590. The Morgan fingerprint density at radius 1 is 1.05 bits per heavy atom. The average Bonchev–Trinajstić information content (AvgIpc) is 2.71. The molecule has 0 N–H and O–H groups in total. The van der Waals surface area contributed by atoms with Gasteiger partial charge in [-0.2, -0.15) is 5.26 Å². The van der Waals surface area contributed by atoms with E-state index in [1.807, 2.05) is 0 Å². The molecule has 19 heavy (non-hydrogen) atoms. The van der Waals surface area contributed by atoms with Crippen molar-refractivity contribution in [3.8, 4) is 6.07 Å². The van der Waals surface area contributed by atoms with Gasteiger partial charge in [-0.3, -0.25) is 4.90 Å². The lowest BCUT2D eigenvalue weighted by Gasteiger charge is -2.33. The maximum absolute atomic E-state index is 9.04. The largest absolute Gasteiger partial charge is 0.301 e. The van der Waals surface area contributed by atoms with Gasteiger partial charge in [0.05, 0.1) is 12.5 Å². The van der Waals surface area contributed by atoms with Gasteiger partial charge in [0.15, 0.2) is 0 Å². The maximum atomic E-state index is 9.04. The predicted molar refractivity (Wildman–Crippen MR) is 78.9 cm³/mol. The van der Waals surface area contributed by atoms with Crippen LogP contribution in [0.3, 0.4) is 0 Å². The Balaban J connectivity index is 2.02. The van der Waals surface area contributed by atoms with Crippen molar-refractivity contribution < 1.29 is 0 Å². The summed E-state index contributed by atoms with van der Waals surface area (Å²) in [6.45, 7) is 5.81. The van der Waals surface area contributed by atoms with Crippen molar-refractivity contribution in [2.24, 2.45) is 5.92 Å². The zero-order valence-electron chi connectivity index (χ0n) is 12.6. The molecule has 0 bridgehead atoms. The Morgan fingerprint density at radius 3 is 2.37 bits per heavy atom. The number of nitriles is 1. The molecule has 2 atom stereocenters. The Bertz CT molecular complexity index is 302. The van der Waals surface area contributed by atoms with Crippen LogP contribution in [0, 0.1) is 17.2 Å². The van der Waals surface area contributed by atoms with Crippen molar-refractivity contribution in [2.45, 2.75) is 64.0 Å². The van der Waals surface area contributed by atoms with Gasteiger partial charge >= 0.3 is 0 Å². The summed E-state index contributed by atoms with van der Waals surface area (Å²) in [4.78, 5) is 5.12. The number of nitrogens with zero attached hydrogens (tertiary/aromatic N) is 3. The summed E-state index contributed by atoms with van der Waals surface area (Å²) in [7, 11) is 2.19. The monoisotopic (exact) mass is 263 g/mol.